The predicted molar refractivity (Wildman–Crippen MR) is 94.0 cm³/mol. The maximum absolute atomic E-state index is 13.1. The monoisotopic (exact) mass is 373 g/mol. The first kappa shape index (κ1) is 17.7. The van der Waals surface area contributed by atoms with Crippen molar-refractivity contribution in [1.29, 1.82) is 0 Å². The molecule has 4 atom stereocenters. The summed E-state index contributed by atoms with van der Waals surface area (Å²) in [6, 6.07) is 0. The van der Waals surface area contributed by atoms with Crippen molar-refractivity contribution >= 4 is 17.7 Å². The van der Waals surface area contributed by atoms with Gasteiger partial charge in [-0.05, 0) is 0 Å². The minimum Gasteiger partial charge on any atom is -0.360 e. The lowest BCUT2D eigenvalue weighted by molar-refractivity contribution is -0.142. The smallest absolute Gasteiger partial charge is 0.230 e. The molecule has 0 saturated carbocycles. The highest BCUT2D eigenvalue weighted by atomic mass is 16.5. The van der Waals surface area contributed by atoms with Gasteiger partial charge in [0.05, 0.1) is 31.0 Å². The normalized spacial score (nSPS) is 30.7. The molecule has 9 nitrogen and oxygen atoms in total. The number of rotatable bonds is 6. The summed E-state index contributed by atoms with van der Waals surface area (Å²) in [6.07, 6.45) is 6.79. The minimum absolute atomic E-state index is 0.0862. The van der Waals surface area contributed by atoms with Crippen LogP contribution in [0.4, 0.5) is 0 Å². The molecule has 0 aliphatic carbocycles. The summed E-state index contributed by atoms with van der Waals surface area (Å²) in [6.45, 7) is 2.99. The molecule has 2 N–H and O–H groups in total. The first-order chi connectivity index (χ1) is 12.9. The summed E-state index contributed by atoms with van der Waals surface area (Å²) >= 11 is 0. The molecule has 27 heavy (non-hydrogen) atoms. The zero-order valence-electron chi connectivity index (χ0n) is 15.3. The molecular weight excluding hydrogens is 350 g/mol. The lowest BCUT2D eigenvalue weighted by Crippen LogP contribution is -2.45. The van der Waals surface area contributed by atoms with Gasteiger partial charge in [-0.15, -0.1) is 0 Å². The number of amides is 3. The van der Waals surface area contributed by atoms with Gasteiger partial charge < -0.3 is 24.8 Å². The Morgan fingerprint density at radius 1 is 1.52 bits per heavy atom. The Kier molecular flexibility index (Phi) is 4.26. The summed E-state index contributed by atoms with van der Waals surface area (Å²) in [5.74, 6) is -0.703. The quantitative estimate of drug-likeness (QED) is 0.641. The average Bonchev–Trinajstić information content (AvgIpc) is 3.37. The second-order valence-electron chi connectivity index (χ2n) is 7.37. The maximum atomic E-state index is 13.1. The second-order valence-corrected chi connectivity index (χ2v) is 7.37. The topological polar surface area (TPSA) is 108 Å². The maximum Gasteiger partial charge on any atom is 0.230 e. The van der Waals surface area contributed by atoms with E-state index in [4.69, 9.17) is 4.74 Å². The van der Waals surface area contributed by atoms with Crippen LogP contribution in [0.15, 0.2) is 24.5 Å². The van der Waals surface area contributed by atoms with Gasteiger partial charge in [0.15, 0.2) is 0 Å². The van der Waals surface area contributed by atoms with Crippen LogP contribution in [0.2, 0.25) is 0 Å². The Morgan fingerprint density at radius 2 is 2.33 bits per heavy atom. The number of carbonyl (C=O) groups is 3. The fourth-order valence-electron chi connectivity index (χ4n) is 4.36. The van der Waals surface area contributed by atoms with Crippen LogP contribution in [0.1, 0.15) is 12.7 Å². The number of H-pyrrole nitrogens is 1. The predicted octanol–water partition coefficient (Wildman–Crippen LogP) is -0.714. The molecule has 4 rings (SSSR count). The fourth-order valence-corrected chi connectivity index (χ4v) is 4.36. The third-order valence-electron chi connectivity index (χ3n) is 5.54. The number of likely N-dealkylation sites (tertiary alicyclic amines) is 1. The van der Waals surface area contributed by atoms with E-state index in [0.717, 1.165) is 0 Å². The minimum atomic E-state index is -0.732. The molecule has 3 aliphatic heterocycles. The molecule has 1 aromatic heterocycles. The van der Waals surface area contributed by atoms with Crippen molar-refractivity contribution in [3.05, 3.63) is 30.4 Å². The molecule has 144 valence electrons. The van der Waals surface area contributed by atoms with E-state index < -0.39 is 17.4 Å². The van der Waals surface area contributed by atoms with Crippen molar-refractivity contribution in [1.82, 2.24) is 25.1 Å². The van der Waals surface area contributed by atoms with Crippen LogP contribution in [-0.4, -0.2) is 75.9 Å². The van der Waals surface area contributed by atoms with Crippen LogP contribution in [0.5, 0.6) is 0 Å². The zero-order valence-corrected chi connectivity index (χ0v) is 15.3. The third kappa shape index (κ3) is 2.91. The lowest BCUT2D eigenvalue weighted by Gasteiger charge is -2.27. The fraction of sp³-hybridized carbons (Fsp3) is 0.556. The van der Waals surface area contributed by atoms with E-state index >= 15 is 0 Å². The molecule has 1 spiro atoms. The van der Waals surface area contributed by atoms with Gasteiger partial charge in [-0.3, -0.25) is 14.4 Å². The van der Waals surface area contributed by atoms with Crippen molar-refractivity contribution in [2.75, 3.05) is 26.7 Å². The number of nitrogens with one attached hydrogen (secondary N) is 2. The van der Waals surface area contributed by atoms with Crippen LogP contribution in [-0.2, 0) is 25.7 Å². The van der Waals surface area contributed by atoms with E-state index in [1.807, 2.05) is 12.2 Å². The van der Waals surface area contributed by atoms with Crippen molar-refractivity contribution in [2.45, 2.75) is 25.2 Å². The summed E-state index contributed by atoms with van der Waals surface area (Å²) in [5.41, 5.74) is -0.732. The van der Waals surface area contributed by atoms with Gasteiger partial charge >= 0.3 is 0 Å². The summed E-state index contributed by atoms with van der Waals surface area (Å²) < 4.78 is 6.10. The van der Waals surface area contributed by atoms with Crippen LogP contribution in [0.25, 0.3) is 0 Å². The Bertz CT molecular complexity index is 792. The molecule has 2 fully saturated rings. The van der Waals surface area contributed by atoms with E-state index in [-0.39, 0.29) is 23.8 Å². The van der Waals surface area contributed by atoms with Crippen LogP contribution in [0, 0.1) is 11.8 Å². The van der Waals surface area contributed by atoms with Crippen LogP contribution < -0.4 is 5.32 Å². The molecule has 0 aromatic carbocycles. The number of ether oxygens (including phenoxy) is 1. The number of imidazole rings is 1. The number of fused-ring (bicyclic) bond motifs is 1. The molecule has 1 aromatic rings. The van der Waals surface area contributed by atoms with Crippen molar-refractivity contribution in [2.24, 2.45) is 11.8 Å². The molecule has 2 bridgehead atoms. The molecule has 4 heterocycles. The Balaban J connectivity index is 1.48. The van der Waals surface area contributed by atoms with Crippen LogP contribution in [0.3, 0.4) is 0 Å². The molecule has 3 aliphatic rings. The molecule has 3 amide bonds. The van der Waals surface area contributed by atoms with Gasteiger partial charge in [0, 0.05) is 39.5 Å². The first-order valence-electron chi connectivity index (χ1n) is 9.05. The molecule has 0 unspecified atom stereocenters. The lowest BCUT2D eigenvalue weighted by atomic mass is 9.76. The largest absolute Gasteiger partial charge is 0.360 e. The average molecular weight is 373 g/mol. The van der Waals surface area contributed by atoms with Crippen molar-refractivity contribution < 1.29 is 19.1 Å². The SMILES string of the molecule is CC(=O)NCCN1C[C@]23C=C[C@H](O2)[C@H](C(=O)N(C)Cc2ncc[nH]2)[C@@H]3C1=O. The highest BCUT2D eigenvalue weighted by Gasteiger charge is 2.66. The number of carbonyl (C=O) groups excluding carboxylic acids is 3. The number of aromatic nitrogens is 2. The summed E-state index contributed by atoms with van der Waals surface area (Å²) in [4.78, 5) is 47.6. The van der Waals surface area contributed by atoms with Gasteiger partial charge in [-0.1, -0.05) is 12.2 Å². The van der Waals surface area contributed by atoms with Gasteiger partial charge in [-0.25, -0.2) is 4.98 Å². The van der Waals surface area contributed by atoms with Crippen LogP contribution >= 0.6 is 0 Å². The molecule has 2 saturated heterocycles. The summed E-state index contributed by atoms with van der Waals surface area (Å²) in [7, 11) is 1.71. The highest BCUT2D eigenvalue weighted by molar-refractivity contribution is 5.93. The molecule has 9 heteroatoms. The highest BCUT2D eigenvalue weighted by Crippen LogP contribution is 2.52. The van der Waals surface area contributed by atoms with E-state index in [9.17, 15) is 14.4 Å². The van der Waals surface area contributed by atoms with E-state index in [1.54, 1.807) is 29.2 Å². The van der Waals surface area contributed by atoms with Gasteiger partial charge in [0.25, 0.3) is 0 Å². The Labute approximate surface area is 156 Å². The molecular formula is C18H23N5O4. The van der Waals surface area contributed by atoms with E-state index in [1.165, 1.54) is 6.92 Å². The zero-order chi connectivity index (χ0) is 19.2. The third-order valence-corrected chi connectivity index (χ3v) is 5.54. The second kappa shape index (κ2) is 6.49. The van der Waals surface area contributed by atoms with Gasteiger partial charge in [0.2, 0.25) is 17.7 Å². The number of nitrogens with zero attached hydrogens (tertiary/aromatic N) is 3. The number of aromatic amines is 1. The Morgan fingerprint density at radius 3 is 3.04 bits per heavy atom. The summed E-state index contributed by atoms with van der Waals surface area (Å²) in [5, 5.41) is 2.70. The van der Waals surface area contributed by atoms with Crippen molar-refractivity contribution in [3.8, 4) is 0 Å². The standard InChI is InChI=1S/C18H23N5O4/c1-11(24)19-7-8-23-10-18-4-3-12(27-18)14(15(18)17(23)26)16(25)22(2)9-13-20-5-6-21-13/h3-6,12,14-15H,7-10H2,1-2H3,(H,19,24)(H,20,21)/t12-,14-,15+,18-/m0/s1. The number of hydrogen-bond donors (Lipinski definition) is 2. The number of hydrogen-bond acceptors (Lipinski definition) is 5. The van der Waals surface area contributed by atoms with Crippen molar-refractivity contribution in [3.63, 3.8) is 0 Å². The van der Waals surface area contributed by atoms with E-state index in [0.29, 0.717) is 32.0 Å². The Hall–Kier alpha value is -2.68. The first-order valence-corrected chi connectivity index (χ1v) is 9.05. The molecule has 0 radical (unpaired) electrons. The van der Waals surface area contributed by atoms with Gasteiger partial charge in [-0.2, -0.15) is 0 Å². The van der Waals surface area contributed by atoms with E-state index in [2.05, 4.69) is 15.3 Å². The van der Waals surface area contributed by atoms with Gasteiger partial charge in [0.1, 0.15) is 11.4 Å².